The van der Waals surface area contributed by atoms with E-state index in [0.29, 0.717) is 11.0 Å². The van der Waals surface area contributed by atoms with E-state index < -0.39 is 26.3 Å². The monoisotopic (exact) mass is 408 g/mol. The van der Waals surface area contributed by atoms with Crippen molar-refractivity contribution < 1.29 is 15.7 Å². The van der Waals surface area contributed by atoms with Crippen molar-refractivity contribution in [3.05, 3.63) is 0 Å². The quantitative estimate of drug-likeness (QED) is 0.220. The van der Waals surface area contributed by atoms with Crippen molar-refractivity contribution in [2.75, 3.05) is 6.61 Å². The first-order valence-corrected chi connectivity index (χ1v) is 12.9. The first kappa shape index (κ1) is 20.9. The van der Waals surface area contributed by atoms with Gasteiger partial charge in [0.1, 0.15) is 0 Å². The van der Waals surface area contributed by atoms with Gasteiger partial charge >= 0.3 is 138 Å². The number of carbonyl (C=O) groups is 1. The Morgan fingerprint density at radius 1 is 0.810 bits per heavy atom. The number of ether oxygens (including phenoxy) is 1. The van der Waals surface area contributed by atoms with Crippen LogP contribution in [0.25, 0.3) is 0 Å². The summed E-state index contributed by atoms with van der Waals surface area (Å²) < 4.78 is 22.1. The number of unbranched alkanes of at least 4 members (excludes halogenated alkanes) is 9. The molecular formula is C16H32O4Sn. The van der Waals surface area contributed by atoms with Gasteiger partial charge in [-0.05, 0) is 0 Å². The van der Waals surface area contributed by atoms with Crippen molar-refractivity contribution in [1.29, 1.82) is 0 Å². The Labute approximate surface area is 137 Å². The van der Waals surface area contributed by atoms with Crippen molar-refractivity contribution in [2.24, 2.45) is 0 Å². The Hall–Kier alpha value is -0.131. The Balaban J connectivity index is 3.38. The predicted molar refractivity (Wildman–Crippen MR) is 85.8 cm³/mol. The van der Waals surface area contributed by atoms with E-state index in [1.165, 1.54) is 44.9 Å². The average Bonchev–Trinajstić information content (AvgIpc) is 2.46. The summed E-state index contributed by atoms with van der Waals surface area (Å²) in [6.45, 7) is 4.74. The molecule has 0 fully saturated rings. The third-order valence-electron chi connectivity index (χ3n) is 3.40. The molecule has 0 bridgehead atoms. The fraction of sp³-hybridized carbons (Fsp3) is 0.938. The molecule has 5 heteroatoms. The van der Waals surface area contributed by atoms with Crippen molar-refractivity contribution in [3.63, 3.8) is 0 Å². The van der Waals surface area contributed by atoms with Gasteiger partial charge in [-0.1, -0.05) is 0 Å². The molecule has 0 saturated carbocycles. The third-order valence-corrected chi connectivity index (χ3v) is 6.70. The number of hydrogen-bond acceptors (Lipinski definition) is 4. The van der Waals surface area contributed by atoms with Gasteiger partial charge in [0, 0.05) is 0 Å². The van der Waals surface area contributed by atoms with Crippen LogP contribution >= 0.6 is 0 Å². The van der Waals surface area contributed by atoms with Crippen molar-refractivity contribution >= 4 is 26.3 Å². The van der Waals surface area contributed by atoms with E-state index in [1.807, 2.05) is 0 Å². The van der Waals surface area contributed by atoms with E-state index in [0.717, 1.165) is 25.7 Å². The van der Waals surface area contributed by atoms with Crippen LogP contribution in [-0.4, -0.2) is 32.9 Å². The van der Waals surface area contributed by atoms with E-state index in [-0.39, 0.29) is 0 Å². The van der Waals surface area contributed by atoms with E-state index in [2.05, 4.69) is 13.8 Å². The second-order valence-electron chi connectivity index (χ2n) is 5.50. The van der Waals surface area contributed by atoms with Crippen LogP contribution in [-0.2, 0) is 10.9 Å². The fourth-order valence-electron chi connectivity index (χ4n) is 2.08. The molecule has 0 aliphatic heterocycles. The first-order chi connectivity index (χ1) is 10.2. The van der Waals surface area contributed by atoms with Crippen LogP contribution in [0.15, 0.2) is 0 Å². The summed E-state index contributed by atoms with van der Waals surface area (Å²) in [6.07, 6.45) is 11.7. The molecule has 0 aromatic rings. The summed E-state index contributed by atoms with van der Waals surface area (Å²) in [5.41, 5.74) is 0. The molecule has 0 rings (SSSR count). The standard InChI is InChI=1S/C8H16O3.C8H17.O.Sn/c1-2-3-4-5-6-7-11-8(9)10;1-3-5-7-8-6-4-2;;/h2-7H2,1H3,(H,9,10);1,3-8H2,2H3;;/q;;;+1/p-1. The summed E-state index contributed by atoms with van der Waals surface area (Å²) in [7, 11) is 0. The van der Waals surface area contributed by atoms with E-state index >= 15 is 0 Å². The van der Waals surface area contributed by atoms with Gasteiger partial charge in [-0.2, -0.15) is 0 Å². The van der Waals surface area contributed by atoms with Crippen LogP contribution in [0.4, 0.5) is 4.79 Å². The number of carbonyl (C=O) groups excluding carboxylic acids is 1. The molecule has 0 atom stereocenters. The number of hydrogen-bond donors (Lipinski definition) is 0. The van der Waals surface area contributed by atoms with Gasteiger partial charge in [-0.15, -0.1) is 0 Å². The van der Waals surface area contributed by atoms with Crippen LogP contribution in [0.3, 0.4) is 0 Å². The fourth-order valence-corrected chi connectivity index (χ4v) is 4.61. The summed E-state index contributed by atoms with van der Waals surface area (Å²) in [6, 6.07) is 0. The van der Waals surface area contributed by atoms with Crippen LogP contribution in [0.1, 0.15) is 84.5 Å². The summed E-state index contributed by atoms with van der Waals surface area (Å²) in [5, 5.41) is 0. The van der Waals surface area contributed by atoms with Crippen LogP contribution in [0.2, 0.25) is 4.44 Å². The van der Waals surface area contributed by atoms with Gasteiger partial charge in [0.15, 0.2) is 0 Å². The zero-order valence-corrected chi connectivity index (χ0v) is 16.7. The summed E-state index contributed by atoms with van der Waals surface area (Å²) >= 11 is -3.17. The van der Waals surface area contributed by atoms with Crippen molar-refractivity contribution in [2.45, 2.75) is 88.9 Å². The Kier molecular flexibility index (Phi) is 16.1. The second-order valence-corrected chi connectivity index (χ2v) is 9.64. The molecule has 0 amide bonds. The molecule has 0 aliphatic carbocycles. The second kappa shape index (κ2) is 16.2. The molecule has 124 valence electrons. The van der Waals surface area contributed by atoms with Crippen molar-refractivity contribution in [3.8, 4) is 0 Å². The van der Waals surface area contributed by atoms with Crippen LogP contribution < -0.4 is 0 Å². The molecular weight excluding hydrogens is 375 g/mol. The maximum absolute atomic E-state index is 11.7. The zero-order valence-electron chi connectivity index (χ0n) is 13.8. The van der Waals surface area contributed by atoms with Gasteiger partial charge < -0.3 is 0 Å². The van der Waals surface area contributed by atoms with Gasteiger partial charge in [-0.3, -0.25) is 0 Å². The number of rotatable bonds is 14. The van der Waals surface area contributed by atoms with Gasteiger partial charge in [-0.25, -0.2) is 0 Å². The molecule has 0 heterocycles. The third kappa shape index (κ3) is 16.1. The molecule has 0 aromatic carbocycles. The van der Waals surface area contributed by atoms with Gasteiger partial charge in [0.05, 0.1) is 0 Å². The minimum absolute atomic E-state index is 0.385. The zero-order chi connectivity index (χ0) is 15.8. The minimum atomic E-state index is -3.17. The molecule has 4 nitrogen and oxygen atoms in total. The molecule has 0 radical (unpaired) electrons. The Bertz CT molecular complexity index is 243. The van der Waals surface area contributed by atoms with Gasteiger partial charge in [0.25, 0.3) is 0 Å². The SMILES string of the molecule is CCCCCCC[CH2][Sn](=[O])[O]C(=O)OCCCCCCC. The average molecular weight is 407 g/mol. The predicted octanol–water partition coefficient (Wildman–Crippen LogP) is 5.39. The van der Waals surface area contributed by atoms with Crippen molar-refractivity contribution in [1.82, 2.24) is 0 Å². The topological polar surface area (TPSA) is 52.6 Å². The van der Waals surface area contributed by atoms with E-state index in [4.69, 9.17) is 7.81 Å². The maximum atomic E-state index is 11.7. The van der Waals surface area contributed by atoms with Crippen LogP contribution in [0.5, 0.6) is 0 Å². The van der Waals surface area contributed by atoms with Crippen LogP contribution in [0, 0.1) is 0 Å². The molecule has 0 unspecified atom stereocenters. The normalized spacial score (nSPS) is 10.4. The molecule has 0 aromatic heterocycles. The molecule has 0 saturated heterocycles. The molecule has 0 N–H and O–H groups in total. The first-order valence-electron chi connectivity index (χ1n) is 8.58. The molecule has 0 spiro atoms. The van der Waals surface area contributed by atoms with E-state index in [1.54, 1.807) is 0 Å². The summed E-state index contributed by atoms with van der Waals surface area (Å²) in [4.78, 5) is 11.3. The van der Waals surface area contributed by atoms with Gasteiger partial charge in [0.2, 0.25) is 0 Å². The molecule has 21 heavy (non-hydrogen) atoms. The molecule has 0 aliphatic rings. The van der Waals surface area contributed by atoms with E-state index in [9.17, 15) is 7.87 Å². The Morgan fingerprint density at radius 2 is 1.33 bits per heavy atom. The Morgan fingerprint density at radius 3 is 1.95 bits per heavy atom. The summed E-state index contributed by atoms with van der Waals surface area (Å²) in [5.74, 6) is 0.